The van der Waals surface area contributed by atoms with Gasteiger partial charge in [0, 0.05) is 12.2 Å². The van der Waals surface area contributed by atoms with Crippen molar-refractivity contribution in [1.82, 2.24) is 5.32 Å². The summed E-state index contributed by atoms with van der Waals surface area (Å²) in [5, 5.41) is 3.17. The molecule has 1 fully saturated rings. The Morgan fingerprint density at radius 3 is 3.15 bits per heavy atom. The quantitative estimate of drug-likeness (QED) is 0.918. The van der Waals surface area contributed by atoms with E-state index in [0.717, 1.165) is 30.6 Å². The Hall–Kier alpha value is -1.55. The average molecular weight is 275 g/mol. The molecular formula is C16H21NO3. The van der Waals surface area contributed by atoms with Gasteiger partial charge in [-0.2, -0.15) is 0 Å². The molecule has 3 rings (SSSR count). The van der Waals surface area contributed by atoms with Gasteiger partial charge < -0.3 is 14.8 Å². The van der Waals surface area contributed by atoms with Crippen LogP contribution in [0.5, 0.6) is 5.75 Å². The number of nitrogens with one attached hydrogen (secondary N) is 1. The second-order valence-electron chi connectivity index (χ2n) is 5.43. The smallest absolute Gasteiger partial charge is 0.226 e. The molecule has 20 heavy (non-hydrogen) atoms. The third-order valence-electron chi connectivity index (χ3n) is 3.96. The number of ether oxygens (including phenoxy) is 2. The maximum Gasteiger partial charge on any atom is 0.226 e. The summed E-state index contributed by atoms with van der Waals surface area (Å²) in [6.07, 6.45) is 2.86. The predicted molar refractivity (Wildman–Crippen MR) is 75.6 cm³/mol. The summed E-state index contributed by atoms with van der Waals surface area (Å²) in [7, 11) is 0. The summed E-state index contributed by atoms with van der Waals surface area (Å²) in [4.78, 5) is 12.2. The van der Waals surface area contributed by atoms with E-state index in [9.17, 15) is 4.79 Å². The fourth-order valence-electron chi connectivity index (χ4n) is 2.80. The van der Waals surface area contributed by atoms with Gasteiger partial charge in [-0.05, 0) is 32.3 Å². The van der Waals surface area contributed by atoms with Crippen LogP contribution in [0.2, 0.25) is 0 Å². The lowest BCUT2D eigenvalue weighted by Crippen LogP contribution is -2.30. The SMILES string of the molecule is CCO[C@@H]1C[C@H]1C(=O)N[C@@H]1CCCOc2ccccc21. The third-order valence-corrected chi connectivity index (χ3v) is 3.96. The molecule has 0 bridgehead atoms. The summed E-state index contributed by atoms with van der Waals surface area (Å²) in [6.45, 7) is 3.36. The minimum atomic E-state index is 0.0336. The van der Waals surface area contributed by atoms with Gasteiger partial charge in [-0.3, -0.25) is 4.79 Å². The highest BCUT2D eigenvalue weighted by Gasteiger charge is 2.44. The zero-order valence-corrected chi connectivity index (χ0v) is 11.8. The van der Waals surface area contributed by atoms with Gasteiger partial charge in [-0.1, -0.05) is 18.2 Å². The van der Waals surface area contributed by atoms with Crippen molar-refractivity contribution in [2.75, 3.05) is 13.2 Å². The molecule has 4 heteroatoms. The molecule has 1 N–H and O–H groups in total. The number of hydrogen-bond acceptors (Lipinski definition) is 3. The number of fused-ring (bicyclic) bond motifs is 1. The van der Waals surface area contributed by atoms with Crippen molar-refractivity contribution < 1.29 is 14.3 Å². The van der Waals surface area contributed by atoms with Gasteiger partial charge in [0.25, 0.3) is 0 Å². The van der Waals surface area contributed by atoms with Crippen molar-refractivity contribution in [3.8, 4) is 5.75 Å². The van der Waals surface area contributed by atoms with Crippen molar-refractivity contribution >= 4 is 5.91 Å². The van der Waals surface area contributed by atoms with Crippen molar-refractivity contribution in [3.63, 3.8) is 0 Å². The lowest BCUT2D eigenvalue weighted by molar-refractivity contribution is -0.124. The summed E-state index contributed by atoms with van der Waals surface area (Å²) in [6, 6.07) is 8.03. The summed E-state index contributed by atoms with van der Waals surface area (Å²) >= 11 is 0. The lowest BCUT2D eigenvalue weighted by atomic mass is 10.0. The average Bonchev–Trinajstić information content (AvgIpc) is 3.24. The number of carbonyl (C=O) groups excluding carboxylic acids is 1. The zero-order chi connectivity index (χ0) is 13.9. The van der Waals surface area contributed by atoms with Crippen molar-refractivity contribution in [1.29, 1.82) is 0 Å². The molecule has 1 aliphatic heterocycles. The van der Waals surface area contributed by atoms with E-state index in [-0.39, 0.29) is 24.0 Å². The molecule has 4 nitrogen and oxygen atoms in total. The van der Waals surface area contributed by atoms with E-state index in [1.165, 1.54) is 0 Å². The molecule has 2 aliphatic rings. The van der Waals surface area contributed by atoms with Gasteiger partial charge in [0.15, 0.2) is 0 Å². The lowest BCUT2D eigenvalue weighted by Gasteiger charge is -2.18. The molecule has 0 spiro atoms. The van der Waals surface area contributed by atoms with Crippen molar-refractivity contribution in [2.24, 2.45) is 5.92 Å². The molecule has 1 aliphatic carbocycles. The number of amides is 1. The van der Waals surface area contributed by atoms with E-state index in [4.69, 9.17) is 9.47 Å². The van der Waals surface area contributed by atoms with Crippen LogP contribution >= 0.6 is 0 Å². The summed E-state index contributed by atoms with van der Waals surface area (Å²) in [5.41, 5.74) is 1.09. The molecule has 1 aromatic rings. The topological polar surface area (TPSA) is 47.6 Å². The molecule has 1 amide bonds. The first-order valence-electron chi connectivity index (χ1n) is 7.43. The monoisotopic (exact) mass is 275 g/mol. The van der Waals surface area contributed by atoms with E-state index >= 15 is 0 Å². The molecule has 1 heterocycles. The molecule has 1 saturated carbocycles. The highest BCUT2D eigenvalue weighted by atomic mass is 16.5. The maximum absolute atomic E-state index is 12.2. The largest absolute Gasteiger partial charge is 0.493 e. The number of carbonyl (C=O) groups is 1. The van der Waals surface area contributed by atoms with Gasteiger partial charge in [-0.25, -0.2) is 0 Å². The standard InChI is InChI=1S/C16H21NO3/c1-2-19-15-10-12(15)16(18)17-13-7-5-9-20-14-8-4-3-6-11(13)14/h3-4,6,8,12-13,15H,2,5,7,9-10H2,1H3,(H,17,18)/t12-,13-,15-/m1/s1. The van der Waals surface area contributed by atoms with E-state index in [2.05, 4.69) is 5.32 Å². The first kappa shape index (κ1) is 13.4. The Morgan fingerprint density at radius 1 is 1.45 bits per heavy atom. The van der Waals surface area contributed by atoms with Crippen LogP contribution in [0.3, 0.4) is 0 Å². The number of hydrogen-bond donors (Lipinski definition) is 1. The van der Waals surface area contributed by atoms with Crippen LogP contribution in [-0.4, -0.2) is 25.2 Å². The summed E-state index contributed by atoms with van der Waals surface area (Å²) < 4.78 is 11.2. The van der Waals surface area contributed by atoms with Gasteiger partial charge in [0.2, 0.25) is 5.91 Å². The molecular weight excluding hydrogens is 254 g/mol. The normalized spacial score (nSPS) is 27.9. The minimum absolute atomic E-state index is 0.0336. The Morgan fingerprint density at radius 2 is 2.30 bits per heavy atom. The fraction of sp³-hybridized carbons (Fsp3) is 0.562. The molecule has 108 valence electrons. The maximum atomic E-state index is 12.2. The fourth-order valence-corrected chi connectivity index (χ4v) is 2.80. The molecule has 1 aromatic carbocycles. The Labute approximate surface area is 119 Å². The van der Waals surface area contributed by atoms with Gasteiger partial charge in [0.05, 0.1) is 24.7 Å². The van der Waals surface area contributed by atoms with E-state index < -0.39 is 0 Å². The third kappa shape index (κ3) is 2.80. The van der Waals surface area contributed by atoms with Crippen molar-refractivity contribution in [2.45, 2.75) is 38.3 Å². The molecule has 0 aromatic heterocycles. The van der Waals surface area contributed by atoms with Gasteiger partial charge in [-0.15, -0.1) is 0 Å². The molecule has 0 saturated heterocycles. The Balaban J connectivity index is 1.67. The van der Waals surface area contributed by atoms with E-state index in [1.807, 2.05) is 31.2 Å². The van der Waals surface area contributed by atoms with Crippen LogP contribution in [0, 0.1) is 5.92 Å². The summed E-state index contributed by atoms with van der Waals surface area (Å²) in [5.74, 6) is 1.05. The van der Waals surface area contributed by atoms with Crippen LogP contribution < -0.4 is 10.1 Å². The first-order chi connectivity index (χ1) is 9.79. The van der Waals surface area contributed by atoms with Crippen LogP contribution in [0.15, 0.2) is 24.3 Å². The van der Waals surface area contributed by atoms with Gasteiger partial charge >= 0.3 is 0 Å². The minimum Gasteiger partial charge on any atom is -0.493 e. The molecule has 0 unspecified atom stereocenters. The number of benzene rings is 1. The van der Waals surface area contributed by atoms with Crippen LogP contribution in [0.1, 0.15) is 37.8 Å². The highest BCUT2D eigenvalue weighted by Crippen LogP contribution is 2.36. The number of para-hydroxylation sites is 1. The van der Waals surface area contributed by atoms with E-state index in [1.54, 1.807) is 0 Å². The van der Waals surface area contributed by atoms with E-state index in [0.29, 0.717) is 13.2 Å². The Bertz CT molecular complexity index is 488. The zero-order valence-electron chi connectivity index (χ0n) is 11.8. The highest BCUT2D eigenvalue weighted by molar-refractivity contribution is 5.82. The number of rotatable bonds is 4. The Kier molecular flexibility index (Phi) is 3.92. The predicted octanol–water partition coefficient (Wildman–Crippen LogP) is 2.44. The van der Waals surface area contributed by atoms with Crippen molar-refractivity contribution in [3.05, 3.63) is 29.8 Å². The molecule has 3 atom stereocenters. The second kappa shape index (κ2) is 5.83. The molecule has 0 radical (unpaired) electrons. The first-order valence-corrected chi connectivity index (χ1v) is 7.43. The van der Waals surface area contributed by atoms with Crippen LogP contribution in [0.25, 0.3) is 0 Å². The van der Waals surface area contributed by atoms with Crippen LogP contribution in [0.4, 0.5) is 0 Å². The van der Waals surface area contributed by atoms with Crippen LogP contribution in [-0.2, 0) is 9.53 Å². The van der Waals surface area contributed by atoms with Gasteiger partial charge in [0.1, 0.15) is 5.75 Å². The second-order valence-corrected chi connectivity index (χ2v) is 5.43.